The van der Waals surface area contributed by atoms with E-state index in [2.05, 4.69) is 4.98 Å². The molecule has 0 aliphatic carbocycles. The number of thioether (sulfide) groups is 1. The molecule has 0 unspecified atom stereocenters. The summed E-state index contributed by atoms with van der Waals surface area (Å²) in [6, 6.07) is 0. The summed E-state index contributed by atoms with van der Waals surface area (Å²) in [5, 5.41) is 12.2. The molecule has 8 heteroatoms. The van der Waals surface area contributed by atoms with Crippen LogP contribution in [0.1, 0.15) is 5.69 Å². The summed E-state index contributed by atoms with van der Waals surface area (Å²) in [5.74, 6) is -1.33. The quantitative estimate of drug-likeness (QED) is 0.674. The monoisotopic (exact) mass is 305 g/mol. The molecule has 1 saturated heterocycles. The van der Waals surface area contributed by atoms with Crippen LogP contribution >= 0.6 is 23.1 Å². The maximum atomic E-state index is 12.0. The molecule has 4 rings (SSSR count). The number of fused-ring (bicyclic) bond motifs is 2. The molecule has 100 valence electrons. The SMILES string of the molecule is O=C(O)C1=CS[C@@H]2/C(=C\c3cn4ccsc4n3)C(=O)N12. The van der Waals surface area contributed by atoms with Crippen molar-refractivity contribution in [1.82, 2.24) is 14.3 Å². The average molecular weight is 305 g/mol. The third-order valence-electron chi connectivity index (χ3n) is 3.17. The third-order valence-corrected chi connectivity index (χ3v) is 5.02. The molecule has 0 saturated carbocycles. The first-order valence-electron chi connectivity index (χ1n) is 5.71. The molecule has 6 nitrogen and oxygen atoms in total. The molecule has 2 aromatic rings. The van der Waals surface area contributed by atoms with E-state index >= 15 is 0 Å². The van der Waals surface area contributed by atoms with Crippen molar-refractivity contribution in [3.8, 4) is 0 Å². The summed E-state index contributed by atoms with van der Waals surface area (Å²) in [6.45, 7) is 0. The van der Waals surface area contributed by atoms with Gasteiger partial charge in [0.05, 0.1) is 11.3 Å². The third kappa shape index (κ3) is 1.49. The summed E-state index contributed by atoms with van der Waals surface area (Å²) in [5.41, 5.74) is 1.35. The van der Waals surface area contributed by atoms with E-state index < -0.39 is 5.97 Å². The van der Waals surface area contributed by atoms with Crippen molar-refractivity contribution in [2.45, 2.75) is 5.37 Å². The smallest absolute Gasteiger partial charge is 0.353 e. The van der Waals surface area contributed by atoms with Gasteiger partial charge in [-0.1, -0.05) is 0 Å². The number of β-lactam (4-membered cyclic amide) rings is 1. The van der Waals surface area contributed by atoms with Crippen LogP contribution in [0.2, 0.25) is 0 Å². The van der Waals surface area contributed by atoms with Gasteiger partial charge in [-0.2, -0.15) is 0 Å². The van der Waals surface area contributed by atoms with Crippen LogP contribution in [0.4, 0.5) is 0 Å². The Labute approximate surface area is 121 Å². The first kappa shape index (κ1) is 11.7. The molecule has 2 aliphatic rings. The number of hydrogen-bond donors (Lipinski definition) is 1. The standard InChI is InChI=1S/C12H7N3O3S2/c16-9-7(10-15(9)8(5-20-10)11(17)18)3-6-4-14-1-2-19-12(14)13-6/h1-5,10H,(H,17,18)/b7-3-/t10-/m1/s1. The van der Waals surface area contributed by atoms with E-state index in [0.717, 1.165) is 4.96 Å². The Bertz CT molecular complexity index is 788. The highest BCUT2D eigenvalue weighted by atomic mass is 32.2. The number of carbonyl (C=O) groups is 2. The molecule has 2 aliphatic heterocycles. The Morgan fingerprint density at radius 3 is 3.10 bits per heavy atom. The fraction of sp³-hybridized carbons (Fsp3) is 0.0833. The van der Waals surface area contributed by atoms with Gasteiger partial charge in [-0.25, -0.2) is 9.78 Å². The normalized spacial score (nSPS) is 23.1. The van der Waals surface area contributed by atoms with Gasteiger partial charge in [0.25, 0.3) is 5.91 Å². The van der Waals surface area contributed by atoms with Gasteiger partial charge in [-0.3, -0.25) is 14.1 Å². The average Bonchev–Trinajstić information content (AvgIpc) is 3.07. The van der Waals surface area contributed by atoms with E-state index in [1.165, 1.54) is 33.4 Å². The number of carboxylic acid groups (broad SMARTS) is 1. The number of carbonyl (C=O) groups excluding carboxylic acids is 1. The van der Waals surface area contributed by atoms with E-state index in [0.29, 0.717) is 11.3 Å². The van der Waals surface area contributed by atoms with E-state index in [-0.39, 0.29) is 17.0 Å². The first-order chi connectivity index (χ1) is 9.65. The molecule has 0 bridgehead atoms. The second-order valence-electron chi connectivity index (χ2n) is 4.33. The number of nitrogens with zero attached hydrogens (tertiary/aromatic N) is 3. The van der Waals surface area contributed by atoms with Crippen molar-refractivity contribution in [2.24, 2.45) is 0 Å². The molecule has 1 amide bonds. The summed E-state index contributed by atoms with van der Waals surface area (Å²) < 4.78 is 1.89. The maximum Gasteiger partial charge on any atom is 0.353 e. The van der Waals surface area contributed by atoms with Crippen LogP contribution in [0.5, 0.6) is 0 Å². The van der Waals surface area contributed by atoms with Crippen molar-refractivity contribution in [3.05, 3.63) is 40.1 Å². The van der Waals surface area contributed by atoms with Crippen molar-refractivity contribution < 1.29 is 14.7 Å². The lowest BCUT2D eigenvalue weighted by atomic mass is 10.0. The fourth-order valence-electron chi connectivity index (χ4n) is 2.24. The Morgan fingerprint density at radius 2 is 2.35 bits per heavy atom. The lowest BCUT2D eigenvalue weighted by Crippen LogP contribution is -2.51. The predicted octanol–water partition coefficient (Wildman–Crippen LogP) is 1.62. The van der Waals surface area contributed by atoms with Crippen LogP contribution in [0, 0.1) is 0 Å². The van der Waals surface area contributed by atoms with Crippen LogP contribution < -0.4 is 0 Å². The van der Waals surface area contributed by atoms with Gasteiger partial charge in [0, 0.05) is 23.2 Å². The van der Waals surface area contributed by atoms with Gasteiger partial charge in [0.1, 0.15) is 11.1 Å². The van der Waals surface area contributed by atoms with Gasteiger partial charge in [0.2, 0.25) is 0 Å². The number of amides is 1. The second-order valence-corrected chi connectivity index (χ2v) is 6.16. The number of thiazole rings is 1. The van der Waals surface area contributed by atoms with E-state index in [1.807, 2.05) is 22.2 Å². The Balaban J connectivity index is 1.65. The lowest BCUT2D eigenvalue weighted by Gasteiger charge is -2.36. The molecular weight excluding hydrogens is 298 g/mol. The topological polar surface area (TPSA) is 74.9 Å². The molecule has 0 radical (unpaired) electrons. The number of rotatable bonds is 2. The lowest BCUT2D eigenvalue weighted by molar-refractivity contribution is -0.141. The van der Waals surface area contributed by atoms with E-state index in [9.17, 15) is 9.59 Å². The zero-order chi connectivity index (χ0) is 13.9. The maximum absolute atomic E-state index is 12.0. The van der Waals surface area contributed by atoms with Gasteiger partial charge in [-0.05, 0) is 6.08 Å². The highest BCUT2D eigenvalue weighted by Crippen LogP contribution is 2.44. The second kappa shape index (κ2) is 3.97. The number of imidazole rings is 1. The van der Waals surface area contributed by atoms with Gasteiger partial charge >= 0.3 is 5.97 Å². The number of carboxylic acids is 1. The first-order valence-corrected chi connectivity index (χ1v) is 7.53. The summed E-state index contributed by atoms with van der Waals surface area (Å²) >= 11 is 2.85. The van der Waals surface area contributed by atoms with Crippen LogP contribution in [0.3, 0.4) is 0 Å². The molecule has 0 aromatic carbocycles. The molecule has 2 aromatic heterocycles. The van der Waals surface area contributed by atoms with Crippen LogP contribution in [0.25, 0.3) is 11.0 Å². The number of aromatic nitrogens is 2. The zero-order valence-corrected chi connectivity index (χ0v) is 11.5. The number of aliphatic carboxylic acids is 1. The number of hydrogen-bond acceptors (Lipinski definition) is 5. The van der Waals surface area contributed by atoms with Crippen LogP contribution in [-0.4, -0.2) is 36.6 Å². The van der Waals surface area contributed by atoms with Crippen molar-refractivity contribution >= 4 is 46.0 Å². The molecule has 1 N–H and O–H groups in total. The molecule has 4 heterocycles. The van der Waals surface area contributed by atoms with E-state index in [4.69, 9.17) is 5.11 Å². The summed E-state index contributed by atoms with van der Waals surface area (Å²) in [6.07, 6.45) is 5.48. The summed E-state index contributed by atoms with van der Waals surface area (Å²) in [4.78, 5) is 29.6. The van der Waals surface area contributed by atoms with Crippen molar-refractivity contribution in [1.29, 1.82) is 0 Å². The Morgan fingerprint density at radius 1 is 1.50 bits per heavy atom. The van der Waals surface area contributed by atoms with Gasteiger partial charge < -0.3 is 5.11 Å². The minimum atomic E-state index is -1.07. The molecule has 0 spiro atoms. The van der Waals surface area contributed by atoms with Crippen molar-refractivity contribution in [3.63, 3.8) is 0 Å². The minimum absolute atomic E-state index is 0.0490. The van der Waals surface area contributed by atoms with Crippen LogP contribution in [-0.2, 0) is 9.59 Å². The van der Waals surface area contributed by atoms with Gasteiger partial charge in [0.15, 0.2) is 4.96 Å². The van der Waals surface area contributed by atoms with Crippen LogP contribution in [0.15, 0.2) is 34.5 Å². The minimum Gasteiger partial charge on any atom is -0.477 e. The zero-order valence-electron chi connectivity index (χ0n) is 9.89. The van der Waals surface area contributed by atoms with E-state index in [1.54, 1.807) is 6.08 Å². The molecule has 1 fully saturated rings. The Hall–Kier alpha value is -2.06. The largest absolute Gasteiger partial charge is 0.477 e. The molecule has 20 heavy (non-hydrogen) atoms. The Kier molecular flexibility index (Phi) is 2.33. The predicted molar refractivity (Wildman–Crippen MR) is 75.0 cm³/mol. The molecular formula is C12H7N3O3S2. The highest BCUT2D eigenvalue weighted by molar-refractivity contribution is 8.03. The molecule has 1 atom stereocenters. The highest BCUT2D eigenvalue weighted by Gasteiger charge is 2.49. The fourth-order valence-corrected chi connectivity index (χ4v) is 4.07. The van der Waals surface area contributed by atoms with Crippen molar-refractivity contribution in [2.75, 3.05) is 0 Å². The summed E-state index contributed by atoms with van der Waals surface area (Å²) in [7, 11) is 0. The van der Waals surface area contributed by atoms with Gasteiger partial charge in [-0.15, -0.1) is 23.1 Å².